The van der Waals surface area contributed by atoms with Crippen LogP contribution in [0, 0.1) is 11.8 Å². The van der Waals surface area contributed by atoms with Crippen LogP contribution in [-0.4, -0.2) is 66.7 Å². The van der Waals surface area contributed by atoms with Crippen LogP contribution in [0.1, 0.15) is 12.8 Å². The minimum absolute atomic E-state index is 0.00973. The van der Waals surface area contributed by atoms with Crippen molar-refractivity contribution in [2.24, 2.45) is 11.8 Å². The van der Waals surface area contributed by atoms with Crippen molar-refractivity contribution in [1.29, 1.82) is 0 Å². The molecular weight excluding hydrogens is 291 g/mol. The van der Waals surface area contributed by atoms with Crippen LogP contribution in [0.5, 0.6) is 0 Å². The number of carbonyl (C=O) groups is 1. The number of rotatable bonds is 2. The Balaban J connectivity index is 1.77. The maximum atomic E-state index is 13.2. The van der Waals surface area contributed by atoms with E-state index in [0.29, 0.717) is 12.8 Å². The second-order valence-corrected chi connectivity index (χ2v) is 5.97. The van der Waals surface area contributed by atoms with Gasteiger partial charge in [-0.15, -0.1) is 0 Å². The summed E-state index contributed by atoms with van der Waals surface area (Å²) in [6.07, 6.45) is -6.58. The molecule has 0 aliphatic carbocycles. The molecule has 0 radical (unpaired) electrons. The fraction of sp³-hybridized carbons (Fsp3) is 0.923. The van der Waals surface area contributed by atoms with E-state index in [1.165, 1.54) is 12.0 Å². The molecule has 3 saturated heterocycles. The molecular formula is C13H18F3NO4. The number of nitrogens with zero attached hydrogens (tertiary/aromatic N) is 1. The van der Waals surface area contributed by atoms with Gasteiger partial charge in [-0.3, -0.25) is 4.79 Å². The summed E-state index contributed by atoms with van der Waals surface area (Å²) in [7, 11) is 1.40. The third-order valence-electron chi connectivity index (χ3n) is 4.79. The van der Waals surface area contributed by atoms with Crippen LogP contribution >= 0.6 is 0 Å². The second-order valence-electron chi connectivity index (χ2n) is 5.97. The highest BCUT2D eigenvalue weighted by Gasteiger charge is 2.63. The predicted molar refractivity (Wildman–Crippen MR) is 64.3 cm³/mol. The van der Waals surface area contributed by atoms with E-state index in [0.717, 1.165) is 0 Å². The topological polar surface area (TPSA) is 59.0 Å². The average molecular weight is 309 g/mol. The van der Waals surface area contributed by atoms with Crippen molar-refractivity contribution < 1.29 is 32.5 Å². The quantitative estimate of drug-likeness (QED) is 0.810. The Morgan fingerprint density at radius 2 is 1.95 bits per heavy atom. The largest absolute Gasteiger partial charge is 0.395 e. The number of likely N-dealkylation sites (tertiary alicyclic amines) is 1. The van der Waals surface area contributed by atoms with Crippen molar-refractivity contribution in [3.63, 3.8) is 0 Å². The lowest BCUT2D eigenvalue weighted by molar-refractivity contribution is -0.199. The second kappa shape index (κ2) is 5.10. The fourth-order valence-corrected chi connectivity index (χ4v) is 3.79. The van der Waals surface area contributed by atoms with Crippen LogP contribution in [0.15, 0.2) is 0 Å². The van der Waals surface area contributed by atoms with Crippen LogP contribution in [0.4, 0.5) is 13.2 Å². The number of amides is 1. The average Bonchev–Trinajstić information content (AvgIpc) is 3.09. The molecule has 8 heteroatoms. The number of aliphatic hydroxyl groups excluding tert-OH is 1. The van der Waals surface area contributed by atoms with Crippen molar-refractivity contribution in [3.05, 3.63) is 0 Å². The first-order valence-electron chi connectivity index (χ1n) is 7.04. The van der Waals surface area contributed by atoms with Gasteiger partial charge in [0.25, 0.3) is 0 Å². The van der Waals surface area contributed by atoms with E-state index in [1.54, 1.807) is 0 Å². The summed E-state index contributed by atoms with van der Waals surface area (Å²) in [5.74, 6) is -3.50. The first kappa shape index (κ1) is 15.1. The Morgan fingerprint density at radius 1 is 1.29 bits per heavy atom. The number of β-amino-alcohol motifs (C(OH)–C–C–N with tert-alkyl or cyclic N) is 1. The van der Waals surface area contributed by atoms with Gasteiger partial charge in [0.2, 0.25) is 5.91 Å². The zero-order valence-corrected chi connectivity index (χ0v) is 11.5. The van der Waals surface area contributed by atoms with Gasteiger partial charge in [-0.05, 0) is 12.8 Å². The Morgan fingerprint density at radius 3 is 2.52 bits per heavy atom. The minimum atomic E-state index is -4.45. The molecule has 3 aliphatic rings. The lowest BCUT2D eigenvalue weighted by atomic mass is 9.78. The van der Waals surface area contributed by atoms with Crippen molar-refractivity contribution in [2.45, 2.75) is 43.4 Å². The Hall–Kier alpha value is -0.860. The van der Waals surface area contributed by atoms with Gasteiger partial charge >= 0.3 is 6.18 Å². The van der Waals surface area contributed by atoms with Gasteiger partial charge in [-0.25, -0.2) is 0 Å². The zero-order valence-electron chi connectivity index (χ0n) is 11.5. The summed E-state index contributed by atoms with van der Waals surface area (Å²) < 4.78 is 50.0. The van der Waals surface area contributed by atoms with E-state index in [-0.39, 0.29) is 13.1 Å². The van der Waals surface area contributed by atoms with Crippen LogP contribution in [-0.2, 0) is 14.3 Å². The number of hydrogen-bond acceptors (Lipinski definition) is 4. The molecule has 5 nitrogen and oxygen atoms in total. The molecule has 3 heterocycles. The van der Waals surface area contributed by atoms with Gasteiger partial charge in [0.1, 0.15) is 6.10 Å². The zero-order chi connectivity index (χ0) is 15.4. The van der Waals surface area contributed by atoms with Crippen molar-refractivity contribution >= 4 is 5.91 Å². The van der Waals surface area contributed by atoms with Crippen LogP contribution < -0.4 is 0 Å². The molecule has 1 N–H and O–H groups in total. The number of ether oxygens (including phenoxy) is 2. The van der Waals surface area contributed by atoms with E-state index in [4.69, 9.17) is 9.47 Å². The highest BCUT2D eigenvalue weighted by molar-refractivity contribution is 5.81. The number of aliphatic hydroxyl groups is 1. The third-order valence-corrected chi connectivity index (χ3v) is 4.79. The van der Waals surface area contributed by atoms with E-state index in [1.807, 2.05) is 0 Å². The van der Waals surface area contributed by atoms with Gasteiger partial charge in [-0.1, -0.05) is 0 Å². The van der Waals surface area contributed by atoms with Gasteiger partial charge in [-0.2, -0.15) is 13.2 Å². The standard InChI is InChI=1S/C13H18F3NO4/c1-20-9-5-17(4-6(9)18)12(19)10-7-2-3-8(21-7)11(10)13(14,15)16/h6-11,18H,2-5H2,1H3/t6-,7?,8?,9-,10?,11?/m1/s1. The molecule has 120 valence electrons. The molecule has 3 rings (SSSR count). The third kappa shape index (κ3) is 2.43. The summed E-state index contributed by atoms with van der Waals surface area (Å²) in [4.78, 5) is 13.8. The van der Waals surface area contributed by atoms with Crippen molar-refractivity contribution in [2.75, 3.05) is 20.2 Å². The Labute approximate surface area is 120 Å². The maximum absolute atomic E-state index is 13.2. The van der Waals surface area contributed by atoms with Crippen LogP contribution in [0.2, 0.25) is 0 Å². The molecule has 21 heavy (non-hydrogen) atoms. The smallest absolute Gasteiger partial charge is 0.388 e. The number of fused-ring (bicyclic) bond motifs is 2. The summed E-state index contributed by atoms with van der Waals surface area (Å²) in [5.41, 5.74) is 0. The number of hydrogen-bond donors (Lipinski definition) is 1. The van der Waals surface area contributed by atoms with Crippen molar-refractivity contribution in [3.8, 4) is 0 Å². The van der Waals surface area contributed by atoms with Gasteiger partial charge in [0.15, 0.2) is 0 Å². The first-order valence-corrected chi connectivity index (χ1v) is 7.04. The molecule has 3 aliphatic heterocycles. The van der Waals surface area contributed by atoms with Crippen LogP contribution in [0.25, 0.3) is 0 Å². The molecule has 0 aromatic heterocycles. The van der Waals surface area contributed by atoms with Crippen LogP contribution in [0.3, 0.4) is 0 Å². The molecule has 0 saturated carbocycles. The molecule has 3 fully saturated rings. The molecule has 0 aromatic carbocycles. The van der Waals surface area contributed by atoms with Crippen molar-refractivity contribution in [1.82, 2.24) is 4.90 Å². The number of methoxy groups -OCH3 is 1. The molecule has 4 unspecified atom stereocenters. The summed E-state index contributed by atoms with van der Waals surface area (Å²) in [6, 6.07) is 0. The van der Waals surface area contributed by atoms with Gasteiger partial charge < -0.3 is 19.5 Å². The Bertz CT molecular complexity index is 430. The van der Waals surface area contributed by atoms with E-state index in [2.05, 4.69) is 0 Å². The monoisotopic (exact) mass is 309 g/mol. The van der Waals surface area contributed by atoms with E-state index >= 15 is 0 Å². The summed E-state index contributed by atoms with van der Waals surface area (Å²) in [5, 5.41) is 9.74. The fourth-order valence-electron chi connectivity index (χ4n) is 3.79. The molecule has 1 amide bonds. The predicted octanol–water partition coefficient (Wildman–Crippen LogP) is 0.560. The van der Waals surface area contributed by atoms with E-state index in [9.17, 15) is 23.1 Å². The lowest BCUT2D eigenvalue weighted by Gasteiger charge is -2.31. The molecule has 2 bridgehead atoms. The minimum Gasteiger partial charge on any atom is -0.388 e. The number of halogens is 3. The molecule has 0 spiro atoms. The highest BCUT2D eigenvalue weighted by atomic mass is 19.4. The number of alkyl halides is 3. The summed E-state index contributed by atoms with van der Waals surface area (Å²) in [6.45, 7) is 0.130. The van der Waals surface area contributed by atoms with Gasteiger partial charge in [0, 0.05) is 20.2 Å². The summed E-state index contributed by atoms with van der Waals surface area (Å²) >= 11 is 0. The number of carbonyl (C=O) groups excluding carboxylic acids is 1. The highest BCUT2D eigenvalue weighted by Crippen LogP contribution is 2.51. The van der Waals surface area contributed by atoms with Gasteiger partial charge in [0.05, 0.1) is 30.1 Å². The maximum Gasteiger partial charge on any atom is 0.395 e. The van der Waals surface area contributed by atoms with E-state index < -0.39 is 48.3 Å². The Kier molecular flexibility index (Phi) is 3.66. The SMILES string of the molecule is CO[C@@H]1CN(C(=O)C2C3CCC(O3)C2C(F)(F)F)C[C@H]1O. The first-order chi connectivity index (χ1) is 9.82. The normalized spacial score (nSPS) is 42.8. The lowest BCUT2D eigenvalue weighted by Crippen LogP contribution is -2.47. The molecule has 0 aromatic rings. The molecule has 6 atom stereocenters.